The van der Waals surface area contributed by atoms with Crippen molar-refractivity contribution in [3.8, 4) is 0 Å². The molecule has 0 aliphatic heterocycles. The Labute approximate surface area is 106 Å². The molecule has 57 valence electrons. The van der Waals surface area contributed by atoms with Crippen molar-refractivity contribution in [3.63, 3.8) is 0 Å². The van der Waals surface area contributed by atoms with E-state index in [4.69, 9.17) is 26.7 Å². The van der Waals surface area contributed by atoms with E-state index >= 15 is 0 Å². The summed E-state index contributed by atoms with van der Waals surface area (Å²) in [5.74, 6) is 0. The van der Waals surface area contributed by atoms with Gasteiger partial charge in [0.15, 0.2) is 0 Å². The molecule has 0 heterocycles. The van der Waals surface area contributed by atoms with Crippen molar-refractivity contribution in [2.24, 2.45) is 0 Å². The van der Waals surface area contributed by atoms with Crippen molar-refractivity contribution in [1.82, 2.24) is 0 Å². The van der Waals surface area contributed by atoms with E-state index in [9.17, 15) is 0 Å². The average molecular weight is 354 g/mol. The molecule has 0 spiro atoms. The van der Waals surface area contributed by atoms with Crippen LogP contribution in [0.25, 0.3) is 0 Å². The second-order valence-electron chi connectivity index (χ2n) is 0.661. The molecule has 0 saturated carbocycles. The fourth-order valence-electron chi connectivity index (χ4n) is 0. The monoisotopic (exact) mass is 355 g/mol. The molecule has 0 saturated heterocycles. The molecule has 10 heteroatoms. The first-order valence-electron chi connectivity index (χ1n) is 1.27. The first-order valence-corrected chi connectivity index (χ1v) is 5.23. The van der Waals surface area contributed by atoms with Crippen LogP contribution in [0.5, 0.6) is 0 Å². The molecule has 0 aliphatic rings. The summed E-state index contributed by atoms with van der Waals surface area (Å²) >= 11 is -9.21. The van der Waals surface area contributed by atoms with Gasteiger partial charge >= 0.3 is 108 Å². The van der Waals surface area contributed by atoms with Crippen molar-refractivity contribution in [2.45, 2.75) is 0 Å². The van der Waals surface area contributed by atoms with Crippen LogP contribution in [0.1, 0.15) is 0 Å². The van der Waals surface area contributed by atoms with Crippen molar-refractivity contribution < 1.29 is 58.7 Å². The Morgan fingerprint density at radius 3 is 1.20 bits per heavy atom. The Kier molecular flexibility index (Phi) is 16.4. The fourth-order valence-corrected chi connectivity index (χ4v) is 0. The average Bonchev–Trinajstić information content (AvgIpc) is 1.19. The third-order valence-electron chi connectivity index (χ3n) is 0. The van der Waals surface area contributed by atoms with Crippen molar-refractivity contribution in [3.05, 3.63) is 0 Å². The summed E-state index contributed by atoms with van der Waals surface area (Å²) in [6, 6.07) is 0. The van der Waals surface area contributed by atoms with Gasteiger partial charge in [0.2, 0.25) is 0 Å². The van der Waals surface area contributed by atoms with Crippen molar-refractivity contribution >= 4 is 48.9 Å². The Morgan fingerprint density at radius 2 is 1.20 bits per heavy atom. The van der Waals surface area contributed by atoms with Crippen LogP contribution < -0.4 is 8.38 Å². The fraction of sp³-hybridized carbons (Fsp3) is 0. The summed E-state index contributed by atoms with van der Waals surface area (Å²) in [4.78, 5) is 0. The molecule has 0 aliphatic carbocycles. The minimum atomic E-state index is -5.62. The van der Waals surface area contributed by atoms with E-state index in [-0.39, 0.29) is 48.9 Å². The molecule has 10 heavy (non-hydrogen) atoms. The van der Waals surface area contributed by atoms with Crippen molar-refractivity contribution in [2.75, 3.05) is 0 Å². The second kappa shape index (κ2) is 9.14. The van der Waals surface area contributed by atoms with Gasteiger partial charge in [-0.25, -0.2) is 0 Å². The summed E-state index contributed by atoms with van der Waals surface area (Å²) in [6.45, 7) is 0. The summed E-state index contributed by atoms with van der Waals surface area (Å²) in [5.41, 5.74) is 0. The van der Waals surface area contributed by atoms with Crippen LogP contribution in [0.2, 0.25) is 0 Å². The third-order valence-corrected chi connectivity index (χ3v) is 0. The first-order chi connectivity index (χ1) is 3.73. The zero-order valence-electron chi connectivity index (χ0n) is 4.52. The summed E-state index contributed by atoms with van der Waals surface area (Å²) < 4.78 is 57.6. The predicted molar refractivity (Wildman–Crippen MR) is 12.3 cm³/mol. The molecular weight excluding hydrogens is 352 g/mol. The Balaban J connectivity index is -0.0000000910. The van der Waals surface area contributed by atoms with Crippen LogP contribution in [0.3, 0.4) is 0 Å². The van der Waals surface area contributed by atoms with E-state index in [1.165, 1.54) is 0 Å². The molecule has 7 nitrogen and oxygen atoms in total. The van der Waals surface area contributed by atoms with E-state index in [2.05, 4.69) is 0 Å². The van der Waals surface area contributed by atoms with Crippen LogP contribution in [0.15, 0.2) is 0 Å². The Bertz CT molecular complexity index is 156. The Hall–Kier alpha value is 2.05. The van der Waals surface area contributed by atoms with Crippen LogP contribution in [0, 0.1) is 0 Å². The summed E-state index contributed by atoms with van der Waals surface area (Å²) in [5, 5.41) is 0. The first kappa shape index (κ1) is 18.0. The molecule has 0 aromatic rings. The van der Waals surface area contributed by atoms with Crippen LogP contribution in [-0.4, -0.2) is 56.3 Å². The van der Waals surface area contributed by atoms with Crippen LogP contribution >= 0.6 is 0 Å². The van der Waals surface area contributed by atoms with Gasteiger partial charge in [-0.15, -0.1) is 0 Å². The molecule has 2 N–H and O–H groups in total. The molecule has 0 atom stereocenters. The molecule has 0 rings (SSSR count). The molecule has 0 bridgehead atoms. The van der Waals surface area contributed by atoms with Gasteiger partial charge in [0.25, 0.3) is 0 Å². The van der Waals surface area contributed by atoms with E-state index in [0.717, 1.165) is 0 Å². The SMILES string of the molecule is [Ba+2].[O]=[Mn](=[O])([O-])[O-].[O]=[Ti]([OH])[OH]. The summed E-state index contributed by atoms with van der Waals surface area (Å²) in [6.07, 6.45) is 0. The topological polar surface area (TPSA) is 138 Å². The van der Waals surface area contributed by atoms with Gasteiger partial charge in [0.1, 0.15) is 0 Å². The maximum atomic E-state index is 8.81. The van der Waals surface area contributed by atoms with Crippen LogP contribution in [-0.2, 0) is 43.0 Å². The molecule has 0 unspecified atom stereocenters. The number of hydrogen-bond acceptors (Lipinski definition) is 5. The van der Waals surface area contributed by atoms with Gasteiger partial charge in [-0.2, -0.15) is 0 Å². The molecule has 0 radical (unpaired) electrons. The maximum absolute atomic E-state index is 8.81. The molecule has 0 fully saturated rings. The van der Waals surface area contributed by atoms with E-state index in [0.29, 0.717) is 0 Å². The van der Waals surface area contributed by atoms with Gasteiger partial charge in [-0.1, -0.05) is 0 Å². The van der Waals surface area contributed by atoms with Gasteiger partial charge in [-0.05, 0) is 0 Å². The zero-order valence-corrected chi connectivity index (χ0v) is 11.7. The van der Waals surface area contributed by atoms with E-state index in [1.54, 1.807) is 0 Å². The zero-order chi connectivity index (χ0) is 8.08. The predicted octanol–water partition coefficient (Wildman–Crippen LogP) is -4.23. The van der Waals surface area contributed by atoms with Gasteiger partial charge in [0, 0.05) is 0 Å². The van der Waals surface area contributed by atoms with Gasteiger partial charge in [-0.3, -0.25) is 0 Å². The minimum absolute atomic E-state index is 0. The normalized spacial score (nSPS) is 8.40. The van der Waals surface area contributed by atoms with E-state index < -0.39 is 32.0 Å². The van der Waals surface area contributed by atoms with E-state index in [1.807, 2.05) is 0 Å². The summed E-state index contributed by atoms with van der Waals surface area (Å²) in [7, 11) is 0. The Morgan fingerprint density at radius 1 is 1.20 bits per heavy atom. The van der Waals surface area contributed by atoms with Crippen molar-refractivity contribution in [1.29, 1.82) is 0 Å². The van der Waals surface area contributed by atoms with Gasteiger partial charge < -0.3 is 0 Å². The standard InChI is InChI=1S/Ba.Mn.2H2O.5O.Ti/h;;2*1H2;;;;;;/q+2;;;;;;;2*-1;+2/p-2. The number of rotatable bonds is 0. The molecule has 0 amide bonds. The molecule has 0 aromatic carbocycles. The molecular formula is H2BaMnO7Ti. The quantitative estimate of drug-likeness (QED) is 0.420. The third kappa shape index (κ3) is 196. The second-order valence-corrected chi connectivity index (χ2v) is 2.72. The van der Waals surface area contributed by atoms with Gasteiger partial charge in [0.05, 0.1) is 0 Å². The number of hydrogen-bond donors (Lipinski definition) is 2. The van der Waals surface area contributed by atoms with Crippen LogP contribution in [0.4, 0.5) is 0 Å². The molecule has 0 aromatic heterocycles.